The minimum absolute atomic E-state index is 0.108. The van der Waals surface area contributed by atoms with Crippen molar-refractivity contribution in [2.75, 3.05) is 0 Å². The molecule has 0 spiro atoms. The fourth-order valence-electron chi connectivity index (χ4n) is 2.63. The first kappa shape index (κ1) is 20.6. The highest BCUT2D eigenvalue weighted by atomic mass is 32.2. The Morgan fingerprint density at radius 3 is 2.11 bits per heavy atom. The number of nitrogens with one attached hydrogen (secondary N) is 1. The van der Waals surface area contributed by atoms with Crippen LogP contribution in [0.15, 0.2) is 59.5 Å². The zero-order chi connectivity index (χ0) is 20.0. The molecular formula is C20H23NO5S. The van der Waals surface area contributed by atoms with Crippen LogP contribution in [-0.2, 0) is 20.4 Å². The van der Waals surface area contributed by atoms with Gasteiger partial charge in [-0.15, -0.1) is 0 Å². The molecule has 6 nitrogen and oxygen atoms in total. The van der Waals surface area contributed by atoms with Crippen molar-refractivity contribution in [3.8, 4) is 0 Å². The number of carboxylic acid groups (broad SMARTS) is 1. The van der Waals surface area contributed by atoms with E-state index in [-0.39, 0.29) is 22.1 Å². The zero-order valence-electron chi connectivity index (χ0n) is 15.3. The SMILES string of the molecule is CC(C)C[C@@H](NC(=O)c1ccc(S(=O)(=O)Cc2ccccc2)cc1)C(=O)O. The molecule has 2 N–H and O–H groups in total. The highest BCUT2D eigenvalue weighted by Gasteiger charge is 2.22. The lowest BCUT2D eigenvalue weighted by Gasteiger charge is -2.16. The van der Waals surface area contributed by atoms with Crippen LogP contribution in [-0.4, -0.2) is 31.4 Å². The van der Waals surface area contributed by atoms with Crippen molar-refractivity contribution in [3.63, 3.8) is 0 Å². The third kappa shape index (κ3) is 5.92. The van der Waals surface area contributed by atoms with Gasteiger partial charge in [0, 0.05) is 5.56 Å². The van der Waals surface area contributed by atoms with Gasteiger partial charge < -0.3 is 10.4 Å². The van der Waals surface area contributed by atoms with Crippen LogP contribution in [0.3, 0.4) is 0 Å². The molecule has 0 saturated heterocycles. The standard InChI is InChI=1S/C20H23NO5S/c1-14(2)12-18(20(23)24)21-19(22)16-8-10-17(11-9-16)27(25,26)13-15-6-4-3-5-7-15/h3-11,14,18H,12-13H2,1-2H3,(H,21,22)(H,23,24)/t18-/m1/s1. The normalized spacial score (nSPS) is 12.6. The Kier molecular flexibility index (Phi) is 6.74. The lowest BCUT2D eigenvalue weighted by molar-refractivity contribution is -0.139. The predicted octanol–water partition coefficient (Wildman–Crippen LogP) is 2.89. The Balaban J connectivity index is 2.11. The number of benzene rings is 2. The maximum Gasteiger partial charge on any atom is 0.326 e. The summed E-state index contributed by atoms with van der Waals surface area (Å²) in [7, 11) is -3.53. The summed E-state index contributed by atoms with van der Waals surface area (Å²) in [6, 6.07) is 13.4. The van der Waals surface area contributed by atoms with E-state index >= 15 is 0 Å². The number of aliphatic carboxylic acids is 1. The van der Waals surface area contributed by atoms with E-state index < -0.39 is 27.8 Å². The Morgan fingerprint density at radius 2 is 1.59 bits per heavy atom. The third-order valence-electron chi connectivity index (χ3n) is 3.99. The van der Waals surface area contributed by atoms with Crippen molar-refractivity contribution in [1.82, 2.24) is 5.32 Å². The van der Waals surface area contributed by atoms with Crippen molar-refractivity contribution in [3.05, 3.63) is 65.7 Å². The molecule has 144 valence electrons. The fraction of sp³-hybridized carbons (Fsp3) is 0.300. The van der Waals surface area contributed by atoms with E-state index in [1.54, 1.807) is 24.3 Å². The molecule has 2 rings (SSSR count). The van der Waals surface area contributed by atoms with Gasteiger partial charge in [0.15, 0.2) is 9.84 Å². The van der Waals surface area contributed by atoms with E-state index in [0.29, 0.717) is 12.0 Å². The van der Waals surface area contributed by atoms with Gasteiger partial charge in [-0.05, 0) is 42.2 Å². The highest BCUT2D eigenvalue weighted by Crippen LogP contribution is 2.17. The molecule has 0 heterocycles. The Hall–Kier alpha value is -2.67. The van der Waals surface area contributed by atoms with Crippen LogP contribution in [0.1, 0.15) is 36.2 Å². The van der Waals surface area contributed by atoms with Crippen molar-refractivity contribution < 1.29 is 23.1 Å². The van der Waals surface area contributed by atoms with Crippen LogP contribution in [0.2, 0.25) is 0 Å². The lowest BCUT2D eigenvalue weighted by atomic mass is 10.0. The predicted molar refractivity (Wildman–Crippen MR) is 102 cm³/mol. The maximum atomic E-state index is 12.5. The quantitative estimate of drug-likeness (QED) is 0.723. The minimum atomic E-state index is -3.53. The summed E-state index contributed by atoms with van der Waals surface area (Å²) < 4.78 is 25.0. The Bertz CT molecular complexity index is 890. The molecule has 0 aliphatic rings. The van der Waals surface area contributed by atoms with Gasteiger partial charge in [-0.3, -0.25) is 4.79 Å². The van der Waals surface area contributed by atoms with E-state index in [1.807, 2.05) is 19.9 Å². The topological polar surface area (TPSA) is 101 Å². The first-order valence-electron chi connectivity index (χ1n) is 8.59. The van der Waals surface area contributed by atoms with E-state index in [0.717, 1.165) is 0 Å². The number of amides is 1. The molecule has 0 unspecified atom stereocenters. The lowest BCUT2D eigenvalue weighted by Crippen LogP contribution is -2.41. The number of rotatable bonds is 8. The molecule has 0 fully saturated rings. The van der Waals surface area contributed by atoms with E-state index in [2.05, 4.69) is 5.32 Å². The summed E-state index contributed by atoms with van der Waals surface area (Å²) in [6.45, 7) is 3.74. The van der Waals surface area contributed by atoms with Crippen molar-refractivity contribution >= 4 is 21.7 Å². The summed E-state index contributed by atoms with van der Waals surface area (Å²) in [4.78, 5) is 23.6. The molecule has 7 heteroatoms. The van der Waals surface area contributed by atoms with E-state index in [1.165, 1.54) is 24.3 Å². The second-order valence-corrected chi connectivity index (χ2v) is 8.75. The summed E-state index contributed by atoms with van der Waals surface area (Å²) in [5, 5.41) is 11.7. The van der Waals surface area contributed by atoms with Gasteiger partial charge in [-0.25, -0.2) is 13.2 Å². The maximum absolute atomic E-state index is 12.5. The van der Waals surface area contributed by atoms with Crippen molar-refractivity contribution in [2.24, 2.45) is 5.92 Å². The van der Waals surface area contributed by atoms with E-state index in [9.17, 15) is 23.1 Å². The number of carbonyl (C=O) groups is 2. The molecular weight excluding hydrogens is 366 g/mol. The summed E-state index contributed by atoms with van der Waals surface area (Å²) in [5.41, 5.74) is 0.890. The second kappa shape index (κ2) is 8.81. The summed E-state index contributed by atoms with van der Waals surface area (Å²) in [5.74, 6) is -1.67. The van der Waals surface area contributed by atoms with Gasteiger partial charge >= 0.3 is 5.97 Å². The van der Waals surface area contributed by atoms with Gasteiger partial charge in [-0.2, -0.15) is 0 Å². The van der Waals surface area contributed by atoms with Crippen LogP contribution in [0.4, 0.5) is 0 Å². The molecule has 2 aromatic carbocycles. The molecule has 2 aromatic rings. The molecule has 0 aliphatic carbocycles. The van der Waals surface area contributed by atoms with Crippen molar-refractivity contribution in [2.45, 2.75) is 37.0 Å². The highest BCUT2D eigenvalue weighted by molar-refractivity contribution is 7.90. The van der Waals surface area contributed by atoms with E-state index in [4.69, 9.17) is 0 Å². The van der Waals surface area contributed by atoms with Crippen LogP contribution >= 0.6 is 0 Å². The Morgan fingerprint density at radius 1 is 1.00 bits per heavy atom. The molecule has 0 saturated carbocycles. The average Bonchev–Trinajstić information content (AvgIpc) is 2.61. The fourth-order valence-corrected chi connectivity index (χ4v) is 3.97. The molecule has 0 bridgehead atoms. The molecule has 0 aromatic heterocycles. The smallest absolute Gasteiger partial charge is 0.326 e. The molecule has 1 amide bonds. The Labute approximate surface area is 159 Å². The van der Waals surface area contributed by atoms with Gasteiger partial charge in [0.1, 0.15) is 6.04 Å². The second-order valence-electron chi connectivity index (χ2n) is 6.76. The van der Waals surface area contributed by atoms with Crippen LogP contribution in [0, 0.1) is 5.92 Å². The number of sulfone groups is 1. The number of hydrogen-bond acceptors (Lipinski definition) is 4. The monoisotopic (exact) mass is 389 g/mol. The van der Waals surface area contributed by atoms with Gasteiger partial charge in [0.05, 0.1) is 10.6 Å². The molecule has 0 aliphatic heterocycles. The summed E-state index contributed by atoms with van der Waals surface area (Å²) >= 11 is 0. The average molecular weight is 389 g/mol. The number of carboxylic acids is 1. The summed E-state index contributed by atoms with van der Waals surface area (Å²) in [6.07, 6.45) is 0.310. The molecule has 0 radical (unpaired) electrons. The molecule has 1 atom stereocenters. The van der Waals surface area contributed by atoms with Gasteiger partial charge in [-0.1, -0.05) is 44.2 Å². The first-order valence-corrected chi connectivity index (χ1v) is 10.2. The number of carbonyl (C=O) groups excluding carboxylic acids is 1. The minimum Gasteiger partial charge on any atom is -0.480 e. The molecule has 27 heavy (non-hydrogen) atoms. The van der Waals surface area contributed by atoms with Crippen molar-refractivity contribution in [1.29, 1.82) is 0 Å². The number of hydrogen-bond donors (Lipinski definition) is 2. The largest absolute Gasteiger partial charge is 0.480 e. The zero-order valence-corrected chi connectivity index (χ0v) is 16.1. The van der Waals surface area contributed by atoms with Gasteiger partial charge in [0.25, 0.3) is 5.91 Å². The third-order valence-corrected chi connectivity index (χ3v) is 5.69. The van der Waals surface area contributed by atoms with Crippen LogP contribution in [0.25, 0.3) is 0 Å². The van der Waals surface area contributed by atoms with Crippen LogP contribution < -0.4 is 5.32 Å². The first-order chi connectivity index (χ1) is 12.7. The van der Waals surface area contributed by atoms with Crippen LogP contribution in [0.5, 0.6) is 0 Å². The van der Waals surface area contributed by atoms with Gasteiger partial charge in [0.2, 0.25) is 0 Å².